The molecular weight excluding hydrogens is 242 g/mol. The maximum absolute atomic E-state index is 10.5. The molecule has 0 aliphatic heterocycles. The number of methoxy groups -OCH3 is 2. The summed E-state index contributed by atoms with van der Waals surface area (Å²) in [6.07, 6.45) is 0.657. The Morgan fingerprint density at radius 3 is 2.58 bits per heavy atom. The molecule has 0 radical (unpaired) electrons. The van der Waals surface area contributed by atoms with Gasteiger partial charge in [0, 0.05) is 17.3 Å². The van der Waals surface area contributed by atoms with Crippen molar-refractivity contribution in [3.63, 3.8) is 0 Å². The molecule has 2 aromatic carbocycles. The first-order chi connectivity index (χ1) is 9.28. The van der Waals surface area contributed by atoms with Crippen molar-refractivity contribution in [1.29, 1.82) is 0 Å². The predicted octanol–water partition coefficient (Wildman–Crippen LogP) is 2.94. The quantitative estimate of drug-likeness (QED) is 0.838. The summed E-state index contributed by atoms with van der Waals surface area (Å²) in [5.41, 5.74) is 2.65. The second-order valence-electron chi connectivity index (χ2n) is 3.91. The maximum atomic E-state index is 10.5. The van der Waals surface area contributed by atoms with E-state index >= 15 is 0 Å². The van der Waals surface area contributed by atoms with Gasteiger partial charge in [-0.1, -0.05) is 12.1 Å². The third kappa shape index (κ3) is 2.85. The van der Waals surface area contributed by atoms with Crippen LogP contribution in [0.3, 0.4) is 0 Å². The minimum atomic E-state index is 0.657. The molecule has 2 rings (SSSR count). The van der Waals surface area contributed by atoms with Crippen molar-refractivity contribution in [3.8, 4) is 22.6 Å². The van der Waals surface area contributed by atoms with Crippen LogP contribution in [-0.4, -0.2) is 20.6 Å². The average Bonchev–Trinajstić information content (AvgIpc) is 2.47. The largest absolute Gasteiger partial charge is 0.497 e. The van der Waals surface area contributed by atoms with Crippen LogP contribution in [0, 0.1) is 0 Å². The fraction of sp³-hybridized carbons (Fsp3) is 0.133. The molecule has 0 fully saturated rings. The molecule has 0 atom stereocenters. The van der Waals surface area contributed by atoms with Crippen molar-refractivity contribution in [2.24, 2.45) is 0 Å². The molecular formula is C15H15NO3. The van der Waals surface area contributed by atoms with Gasteiger partial charge < -0.3 is 14.8 Å². The van der Waals surface area contributed by atoms with Crippen molar-refractivity contribution in [3.05, 3.63) is 42.5 Å². The molecule has 19 heavy (non-hydrogen) atoms. The van der Waals surface area contributed by atoms with E-state index < -0.39 is 0 Å². The smallest absolute Gasteiger partial charge is 0.211 e. The van der Waals surface area contributed by atoms with Crippen molar-refractivity contribution < 1.29 is 14.3 Å². The third-order valence-electron chi connectivity index (χ3n) is 2.81. The number of carbonyl (C=O) groups excluding carboxylic acids is 1. The lowest BCUT2D eigenvalue weighted by Crippen LogP contribution is -1.94. The zero-order chi connectivity index (χ0) is 13.7. The lowest BCUT2D eigenvalue weighted by Gasteiger charge is -2.11. The van der Waals surface area contributed by atoms with Gasteiger partial charge in [-0.2, -0.15) is 0 Å². The molecule has 1 amide bonds. The van der Waals surface area contributed by atoms with Crippen LogP contribution in [0.25, 0.3) is 11.1 Å². The predicted molar refractivity (Wildman–Crippen MR) is 74.7 cm³/mol. The van der Waals surface area contributed by atoms with Crippen LogP contribution >= 0.6 is 0 Å². The summed E-state index contributed by atoms with van der Waals surface area (Å²) in [5.74, 6) is 1.46. The highest BCUT2D eigenvalue weighted by molar-refractivity contribution is 5.78. The van der Waals surface area contributed by atoms with Crippen molar-refractivity contribution in [2.45, 2.75) is 0 Å². The molecule has 0 heterocycles. The number of hydrogen-bond acceptors (Lipinski definition) is 3. The lowest BCUT2D eigenvalue weighted by molar-refractivity contribution is -0.105. The number of amides is 1. The van der Waals surface area contributed by atoms with E-state index in [0.717, 1.165) is 28.3 Å². The standard InChI is InChI=1S/C15H15NO3/c1-18-13-6-7-14(15(9-13)19-2)11-4-3-5-12(8-11)16-10-17/h3-10H,1-2H3,(H,16,17). The highest BCUT2D eigenvalue weighted by Crippen LogP contribution is 2.34. The summed E-state index contributed by atoms with van der Waals surface area (Å²) < 4.78 is 10.5. The normalized spacial score (nSPS) is 9.79. The van der Waals surface area contributed by atoms with Crippen LogP contribution in [0.5, 0.6) is 11.5 Å². The van der Waals surface area contributed by atoms with Gasteiger partial charge in [0.25, 0.3) is 0 Å². The molecule has 0 aliphatic carbocycles. The maximum Gasteiger partial charge on any atom is 0.211 e. The van der Waals surface area contributed by atoms with E-state index in [4.69, 9.17) is 9.47 Å². The molecule has 4 nitrogen and oxygen atoms in total. The van der Waals surface area contributed by atoms with Gasteiger partial charge in [-0.3, -0.25) is 4.79 Å². The van der Waals surface area contributed by atoms with E-state index in [-0.39, 0.29) is 0 Å². The summed E-state index contributed by atoms with van der Waals surface area (Å²) in [7, 11) is 3.23. The number of benzene rings is 2. The van der Waals surface area contributed by atoms with Crippen LogP contribution in [0.2, 0.25) is 0 Å². The van der Waals surface area contributed by atoms with E-state index in [1.54, 1.807) is 14.2 Å². The van der Waals surface area contributed by atoms with Crippen LogP contribution in [0.1, 0.15) is 0 Å². The molecule has 1 N–H and O–H groups in total. The van der Waals surface area contributed by atoms with E-state index in [0.29, 0.717) is 6.41 Å². The van der Waals surface area contributed by atoms with Crippen LogP contribution in [-0.2, 0) is 4.79 Å². The molecule has 0 saturated carbocycles. The fourth-order valence-corrected chi connectivity index (χ4v) is 1.88. The first kappa shape index (κ1) is 13.0. The Kier molecular flexibility index (Phi) is 4.03. The fourth-order valence-electron chi connectivity index (χ4n) is 1.88. The van der Waals surface area contributed by atoms with Gasteiger partial charge in [-0.15, -0.1) is 0 Å². The number of hydrogen-bond donors (Lipinski definition) is 1. The second kappa shape index (κ2) is 5.91. The Morgan fingerprint density at radius 2 is 1.89 bits per heavy atom. The van der Waals surface area contributed by atoms with E-state index in [9.17, 15) is 4.79 Å². The van der Waals surface area contributed by atoms with Crippen molar-refractivity contribution in [1.82, 2.24) is 0 Å². The SMILES string of the molecule is COc1ccc(-c2cccc(NC=O)c2)c(OC)c1. The summed E-state index contributed by atoms with van der Waals surface area (Å²) in [6.45, 7) is 0. The zero-order valence-electron chi connectivity index (χ0n) is 10.8. The number of nitrogens with one attached hydrogen (secondary N) is 1. The molecule has 0 saturated heterocycles. The molecule has 2 aromatic rings. The molecule has 4 heteroatoms. The van der Waals surface area contributed by atoms with Gasteiger partial charge in [0.05, 0.1) is 14.2 Å². The lowest BCUT2D eigenvalue weighted by atomic mass is 10.0. The Bertz CT molecular complexity index is 581. The van der Waals surface area contributed by atoms with Gasteiger partial charge in [-0.05, 0) is 29.8 Å². The summed E-state index contributed by atoms with van der Waals surface area (Å²) in [4.78, 5) is 10.5. The number of carbonyl (C=O) groups is 1. The van der Waals surface area contributed by atoms with E-state index in [2.05, 4.69) is 5.32 Å². The minimum Gasteiger partial charge on any atom is -0.497 e. The Hall–Kier alpha value is -2.49. The topological polar surface area (TPSA) is 47.6 Å². The van der Waals surface area contributed by atoms with Crippen LogP contribution in [0.15, 0.2) is 42.5 Å². The average molecular weight is 257 g/mol. The zero-order valence-corrected chi connectivity index (χ0v) is 10.8. The van der Waals surface area contributed by atoms with Crippen molar-refractivity contribution >= 4 is 12.1 Å². The molecule has 0 bridgehead atoms. The Labute approximate surface area is 112 Å². The summed E-state index contributed by atoms with van der Waals surface area (Å²) >= 11 is 0. The molecule has 0 spiro atoms. The van der Waals surface area contributed by atoms with Crippen molar-refractivity contribution in [2.75, 3.05) is 19.5 Å². The minimum absolute atomic E-state index is 0.657. The number of anilines is 1. The Morgan fingerprint density at radius 1 is 1.05 bits per heavy atom. The van der Waals surface area contributed by atoms with E-state index in [1.807, 2.05) is 42.5 Å². The third-order valence-corrected chi connectivity index (χ3v) is 2.81. The van der Waals surface area contributed by atoms with Crippen LogP contribution in [0.4, 0.5) is 5.69 Å². The van der Waals surface area contributed by atoms with Gasteiger partial charge in [0.1, 0.15) is 11.5 Å². The monoisotopic (exact) mass is 257 g/mol. The molecule has 0 aliphatic rings. The highest BCUT2D eigenvalue weighted by Gasteiger charge is 2.07. The van der Waals surface area contributed by atoms with Gasteiger partial charge in [0.15, 0.2) is 0 Å². The molecule has 98 valence electrons. The summed E-state index contributed by atoms with van der Waals surface area (Å²) in [5, 5.41) is 2.63. The molecule has 0 unspecified atom stereocenters. The Balaban J connectivity index is 2.45. The first-order valence-electron chi connectivity index (χ1n) is 5.81. The number of ether oxygens (including phenoxy) is 2. The van der Waals surface area contributed by atoms with E-state index in [1.165, 1.54) is 0 Å². The highest BCUT2D eigenvalue weighted by atomic mass is 16.5. The number of rotatable bonds is 5. The first-order valence-corrected chi connectivity index (χ1v) is 5.81. The second-order valence-corrected chi connectivity index (χ2v) is 3.91. The van der Waals surface area contributed by atoms with Gasteiger partial charge in [0.2, 0.25) is 6.41 Å². The van der Waals surface area contributed by atoms with Crippen LogP contribution < -0.4 is 14.8 Å². The molecule has 0 aromatic heterocycles. The van der Waals surface area contributed by atoms with Gasteiger partial charge >= 0.3 is 0 Å². The summed E-state index contributed by atoms with van der Waals surface area (Å²) in [6, 6.07) is 13.2. The van der Waals surface area contributed by atoms with Gasteiger partial charge in [-0.25, -0.2) is 0 Å².